The topological polar surface area (TPSA) is 36.4 Å². The van der Waals surface area contributed by atoms with E-state index in [9.17, 15) is 4.79 Å². The number of amides is 1. The highest BCUT2D eigenvalue weighted by Gasteiger charge is 2.61. The van der Waals surface area contributed by atoms with E-state index in [1.807, 2.05) is 11.6 Å². The molecular weight excluding hydrogens is 390 g/mol. The van der Waals surface area contributed by atoms with Crippen molar-refractivity contribution >= 4 is 22.4 Å². The number of benzene rings is 1. The highest BCUT2D eigenvalue weighted by molar-refractivity contribution is 7.13. The third-order valence-electron chi connectivity index (χ3n) is 8.44. The van der Waals surface area contributed by atoms with Crippen LogP contribution in [0.1, 0.15) is 49.7 Å². The average Bonchev–Trinajstić information content (AvgIpc) is 3.28. The average molecular weight is 422 g/mol. The number of nitrogens with zero attached hydrogens (tertiary/aromatic N) is 3. The molecule has 1 amide bonds. The first-order chi connectivity index (χ1) is 14.6. The van der Waals surface area contributed by atoms with Crippen LogP contribution >= 0.6 is 11.3 Å². The van der Waals surface area contributed by atoms with E-state index >= 15 is 0 Å². The van der Waals surface area contributed by atoms with E-state index in [2.05, 4.69) is 46.0 Å². The third kappa shape index (κ3) is 2.92. The fraction of sp³-hybridized carbons (Fsp3) is 0.600. The fourth-order valence-corrected chi connectivity index (χ4v) is 8.26. The van der Waals surface area contributed by atoms with Gasteiger partial charge in [0.15, 0.2) is 5.13 Å². The summed E-state index contributed by atoms with van der Waals surface area (Å²) in [7, 11) is 0. The Morgan fingerprint density at radius 2 is 1.73 bits per heavy atom. The zero-order chi connectivity index (χ0) is 20.3. The van der Waals surface area contributed by atoms with Gasteiger partial charge >= 0.3 is 0 Å². The molecule has 1 saturated heterocycles. The first-order valence-corrected chi connectivity index (χ1v) is 12.4. The Bertz CT molecular complexity index is 916. The molecule has 2 unspecified atom stereocenters. The number of hydrogen-bond acceptors (Lipinski definition) is 4. The smallest absolute Gasteiger partial charge is 0.228 e. The van der Waals surface area contributed by atoms with Crippen molar-refractivity contribution < 1.29 is 4.79 Å². The number of anilines is 1. The van der Waals surface area contributed by atoms with Gasteiger partial charge in [-0.25, -0.2) is 4.98 Å². The molecule has 7 rings (SSSR count). The Kier molecular flexibility index (Phi) is 4.28. The van der Waals surface area contributed by atoms with Gasteiger partial charge < -0.3 is 9.80 Å². The first-order valence-electron chi connectivity index (χ1n) is 11.6. The van der Waals surface area contributed by atoms with Crippen molar-refractivity contribution in [3.05, 3.63) is 47.0 Å². The van der Waals surface area contributed by atoms with Gasteiger partial charge in [0.25, 0.3) is 0 Å². The maximum atomic E-state index is 14.0. The fourth-order valence-electron chi connectivity index (χ4n) is 7.57. The lowest BCUT2D eigenvalue weighted by Gasteiger charge is -2.62. The Morgan fingerprint density at radius 3 is 2.37 bits per heavy atom. The number of hydrogen-bond donors (Lipinski definition) is 0. The van der Waals surface area contributed by atoms with Gasteiger partial charge in [0.1, 0.15) is 0 Å². The van der Waals surface area contributed by atoms with Gasteiger partial charge in [-0.1, -0.05) is 29.8 Å². The van der Waals surface area contributed by atoms with Crippen LogP contribution in [0.2, 0.25) is 0 Å². The molecule has 0 spiro atoms. The molecule has 4 nitrogen and oxygen atoms in total. The molecule has 2 aromatic rings. The van der Waals surface area contributed by atoms with Gasteiger partial charge in [-0.2, -0.15) is 0 Å². The van der Waals surface area contributed by atoms with Crippen LogP contribution in [0.25, 0.3) is 0 Å². The van der Waals surface area contributed by atoms with E-state index in [0.29, 0.717) is 5.91 Å². The van der Waals surface area contributed by atoms with Crippen LogP contribution in [0.5, 0.6) is 0 Å². The highest BCUT2D eigenvalue weighted by Crippen LogP contribution is 2.66. The summed E-state index contributed by atoms with van der Waals surface area (Å²) in [5, 5.41) is 3.13. The van der Waals surface area contributed by atoms with Gasteiger partial charge in [-0.05, 0) is 68.3 Å². The lowest BCUT2D eigenvalue weighted by molar-refractivity contribution is -0.160. The molecule has 5 fully saturated rings. The highest BCUT2D eigenvalue weighted by atomic mass is 32.1. The number of aromatic nitrogens is 1. The standard InChI is InChI=1S/C25H31N3OS/c1-18-2-4-21(5-3-18)24-13-19-12-20(14-24)16-25(15-19,17-24)22(29)27-7-9-28(10-8-27)23-26-6-11-30-23/h2-6,11,19-20H,7-10,12-17H2,1H3. The van der Waals surface area contributed by atoms with Gasteiger partial charge in [0.05, 0.1) is 5.41 Å². The summed E-state index contributed by atoms with van der Waals surface area (Å²) in [6.45, 7) is 5.66. The van der Waals surface area contributed by atoms with Crippen LogP contribution in [0.3, 0.4) is 0 Å². The minimum absolute atomic E-state index is 0.113. The van der Waals surface area contributed by atoms with E-state index in [1.54, 1.807) is 11.3 Å². The number of piperazine rings is 1. The van der Waals surface area contributed by atoms with Crippen LogP contribution in [0.15, 0.2) is 35.8 Å². The maximum absolute atomic E-state index is 14.0. The normalized spacial score (nSPS) is 35.1. The predicted octanol–water partition coefficient (Wildman–Crippen LogP) is 4.64. The molecule has 0 N–H and O–H groups in total. The molecule has 4 bridgehead atoms. The van der Waals surface area contributed by atoms with Gasteiger partial charge in [-0.15, -0.1) is 11.3 Å². The first kappa shape index (κ1) is 18.9. The molecule has 30 heavy (non-hydrogen) atoms. The van der Waals surface area contributed by atoms with Crippen molar-refractivity contribution in [2.45, 2.75) is 50.9 Å². The lowest BCUT2D eigenvalue weighted by Crippen LogP contribution is -2.61. The van der Waals surface area contributed by atoms with E-state index in [4.69, 9.17) is 0 Å². The van der Waals surface area contributed by atoms with Gasteiger partial charge in [-0.3, -0.25) is 4.79 Å². The second-order valence-electron chi connectivity index (χ2n) is 10.5. The zero-order valence-electron chi connectivity index (χ0n) is 17.8. The Morgan fingerprint density at radius 1 is 1.03 bits per heavy atom. The molecular formula is C25H31N3OS. The van der Waals surface area contributed by atoms with Gasteiger partial charge in [0.2, 0.25) is 5.91 Å². The van der Waals surface area contributed by atoms with Crippen molar-refractivity contribution in [2.75, 3.05) is 31.1 Å². The molecule has 0 radical (unpaired) electrons. The molecule has 2 atom stereocenters. The van der Waals surface area contributed by atoms with Crippen molar-refractivity contribution in [3.63, 3.8) is 0 Å². The molecule has 4 aliphatic carbocycles. The lowest BCUT2D eigenvalue weighted by atomic mass is 9.42. The minimum Gasteiger partial charge on any atom is -0.345 e. The van der Waals surface area contributed by atoms with E-state index < -0.39 is 0 Å². The SMILES string of the molecule is Cc1ccc(C23CC4CC(CC(C(=O)N5CCN(c6nccs6)CC5)(C4)C2)C3)cc1. The maximum Gasteiger partial charge on any atom is 0.228 e. The predicted molar refractivity (Wildman–Crippen MR) is 121 cm³/mol. The quantitative estimate of drug-likeness (QED) is 0.724. The van der Waals surface area contributed by atoms with Crippen LogP contribution < -0.4 is 4.90 Å². The van der Waals surface area contributed by atoms with Crippen LogP contribution in [-0.2, 0) is 10.2 Å². The molecule has 1 aliphatic heterocycles. The van der Waals surface area contributed by atoms with Gasteiger partial charge in [0, 0.05) is 37.8 Å². The minimum atomic E-state index is -0.113. The largest absolute Gasteiger partial charge is 0.345 e. The molecule has 2 heterocycles. The second kappa shape index (κ2) is 6.81. The third-order valence-corrected chi connectivity index (χ3v) is 9.27. The Labute approximate surface area is 183 Å². The number of rotatable bonds is 3. The van der Waals surface area contributed by atoms with Crippen LogP contribution in [0, 0.1) is 24.2 Å². The number of carbonyl (C=O) groups is 1. The molecule has 5 aliphatic rings. The number of thiazole rings is 1. The summed E-state index contributed by atoms with van der Waals surface area (Å²) >= 11 is 1.70. The Balaban J connectivity index is 1.24. The molecule has 1 aromatic heterocycles. The van der Waals surface area contributed by atoms with Crippen molar-refractivity contribution in [1.82, 2.24) is 9.88 Å². The molecule has 4 saturated carbocycles. The molecule has 5 heteroatoms. The van der Waals surface area contributed by atoms with Crippen LogP contribution in [-0.4, -0.2) is 42.0 Å². The van der Waals surface area contributed by atoms with Crippen molar-refractivity contribution in [2.24, 2.45) is 17.3 Å². The summed E-state index contributed by atoms with van der Waals surface area (Å²) < 4.78 is 0. The van der Waals surface area contributed by atoms with Crippen LogP contribution in [0.4, 0.5) is 5.13 Å². The second-order valence-corrected chi connectivity index (χ2v) is 11.4. The molecule has 1 aromatic carbocycles. The molecule has 158 valence electrons. The van der Waals surface area contributed by atoms with E-state index in [-0.39, 0.29) is 10.8 Å². The summed E-state index contributed by atoms with van der Waals surface area (Å²) in [6, 6.07) is 9.24. The summed E-state index contributed by atoms with van der Waals surface area (Å²) in [5.41, 5.74) is 2.94. The summed E-state index contributed by atoms with van der Waals surface area (Å²) in [5.74, 6) is 1.92. The monoisotopic (exact) mass is 421 g/mol. The van der Waals surface area contributed by atoms with Crippen molar-refractivity contribution in [3.8, 4) is 0 Å². The number of aryl methyl sites for hydroxylation is 1. The van der Waals surface area contributed by atoms with E-state index in [1.165, 1.54) is 30.4 Å². The van der Waals surface area contributed by atoms with Crippen molar-refractivity contribution in [1.29, 1.82) is 0 Å². The summed E-state index contributed by atoms with van der Waals surface area (Å²) in [6.07, 6.45) is 9.13. The van der Waals surface area contributed by atoms with E-state index in [0.717, 1.165) is 62.4 Å². The Hall–Kier alpha value is -1.88. The summed E-state index contributed by atoms with van der Waals surface area (Å²) in [4.78, 5) is 23.0. The zero-order valence-corrected chi connectivity index (χ0v) is 18.7. The number of carbonyl (C=O) groups excluding carboxylic acids is 1.